The largest absolute Gasteiger partial charge is 0.444 e. The Morgan fingerprint density at radius 1 is 1.35 bits per heavy atom. The highest BCUT2D eigenvalue weighted by Gasteiger charge is 2.53. The fraction of sp³-hybridized carbons (Fsp3) is 0.900. The molecule has 7 heteroatoms. The molecule has 2 unspecified atom stereocenters. The molecule has 0 saturated carbocycles. The van der Waals surface area contributed by atoms with Crippen molar-refractivity contribution in [2.75, 3.05) is 6.54 Å². The van der Waals surface area contributed by atoms with E-state index in [0.29, 0.717) is 4.90 Å². The average Bonchev–Trinajstić information content (AvgIpc) is 2.42. The van der Waals surface area contributed by atoms with Crippen LogP contribution in [0.2, 0.25) is 0 Å². The van der Waals surface area contributed by atoms with Gasteiger partial charge in [0, 0.05) is 12.6 Å². The minimum atomic E-state index is -4.52. The molecule has 0 aromatic carbocycles. The standard InChI is InChI=1S/C10H17F3N2O2/c1-9(2,3)17-8(16)15-5-4-6(14)7(15)10(11,12)13/h6-7H,4-5,14H2,1-3H3. The molecule has 2 atom stereocenters. The highest BCUT2D eigenvalue weighted by atomic mass is 19.4. The van der Waals surface area contributed by atoms with Crippen molar-refractivity contribution in [3.05, 3.63) is 0 Å². The van der Waals surface area contributed by atoms with Crippen molar-refractivity contribution in [1.82, 2.24) is 4.90 Å². The summed E-state index contributed by atoms with van der Waals surface area (Å²) in [6.07, 6.45) is -5.36. The quantitative estimate of drug-likeness (QED) is 0.718. The Hall–Kier alpha value is -0.980. The van der Waals surface area contributed by atoms with Gasteiger partial charge >= 0.3 is 12.3 Å². The minimum Gasteiger partial charge on any atom is -0.444 e. The molecule has 100 valence electrons. The van der Waals surface area contributed by atoms with Crippen LogP contribution in [0.25, 0.3) is 0 Å². The van der Waals surface area contributed by atoms with Crippen molar-refractivity contribution < 1.29 is 22.7 Å². The summed E-state index contributed by atoms with van der Waals surface area (Å²) in [6, 6.07) is -3.03. The van der Waals surface area contributed by atoms with Crippen molar-refractivity contribution in [3.63, 3.8) is 0 Å². The van der Waals surface area contributed by atoms with Crippen molar-refractivity contribution in [3.8, 4) is 0 Å². The Kier molecular flexibility index (Phi) is 3.61. The number of nitrogens with two attached hydrogens (primary N) is 1. The van der Waals surface area contributed by atoms with Crippen LogP contribution in [0.15, 0.2) is 0 Å². The molecule has 1 fully saturated rings. The van der Waals surface area contributed by atoms with Gasteiger partial charge in [-0.05, 0) is 27.2 Å². The topological polar surface area (TPSA) is 55.6 Å². The van der Waals surface area contributed by atoms with Crippen molar-refractivity contribution in [2.45, 2.75) is 51.1 Å². The van der Waals surface area contributed by atoms with Gasteiger partial charge in [-0.1, -0.05) is 0 Å². The van der Waals surface area contributed by atoms with Crippen LogP contribution in [-0.2, 0) is 4.74 Å². The van der Waals surface area contributed by atoms with E-state index in [1.807, 2.05) is 0 Å². The van der Waals surface area contributed by atoms with Crippen LogP contribution >= 0.6 is 0 Å². The summed E-state index contributed by atoms with van der Waals surface area (Å²) >= 11 is 0. The fourth-order valence-electron chi connectivity index (χ4n) is 1.76. The summed E-state index contributed by atoms with van der Waals surface area (Å²) in [4.78, 5) is 12.3. The first-order valence-electron chi connectivity index (χ1n) is 5.34. The third-order valence-electron chi connectivity index (χ3n) is 2.41. The van der Waals surface area contributed by atoms with Gasteiger partial charge in [0.15, 0.2) is 0 Å². The first-order valence-corrected chi connectivity index (χ1v) is 5.34. The van der Waals surface area contributed by atoms with Gasteiger partial charge in [0.2, 0.25) is 0 Å². The normalized spacial score (nSPS) is 26.2. The average molecular weight is 254 g/mol. The summed E-state index contributed by atoms with van der Waals surface area (Å²) in [5, 5.41) is 0. The lowest BCUT2D eigenvalue weighted by molar-refractivity contribution is -0.176. The number of ether oxygens (including phenoxy) is 1. The van der Waals surface area contributed by atoms with E-state index in [9.17, 15) is 18.0 Å². The number of nitrogens with zero attached hydrogens (tertiary/aromatic N) is 1. The molecule has 0 aromatic rings. The number of carbonyl (C=O) groups is 1. The summed E-state index contributed by atoms with van der Waals surface area (Å²) < 4.78 is 43.1. The lowest BCUT2D eigenvalue weighted by atomic mass is 10.1. The van der Waals surface area contributed by atoms with Gasteiger partial charge in [0.25, 0.3) is 0 Å². The first-order chi connectivity index (χ1) is 7.52. The second kappa shape index (κ2) is 4.36. The second-order valence-corrected chi connectivity index (χ2v) is 5.11. The van der Waals surface area contributed by atoms with E-state index in [4.69, 9.17) is 10.5 Å². The molecule has 0 aromatic heterocycles. The van der Waals surface area contributed by atoms with Gasteiger partial charge in [0.1, 0.15) is 11.6 Å². The van der Waals surface area contributed by atoms with Crippen LogP contribution < -0.4 is 5.73 Å². The number of hydrogen-bond donors (Lipinski definition) is 1. The third kappa shape index (κ3) is 3.49. The highest BCUT2D eigenvalue weighted by Crippen LogP contribution is 2.32. The van der Waals surface area contributed by atoms with Gasteiger partial charge in [-0.15, -0.1) is 0 Å². The third-order valence-corrected chi connectivity index (χ3v) is 2.41. The first kappa shape index (κ1) is 14.1. The molecule has 1 rings (SSSR count). The fourth-order valence-corrected chi connectivity index (χ4v) is 1.76. The zero-order valence-electron chi connectivity index (χ0n) is 10.0. The molecular weight excluding hydrogens is 237 g/mol. The summed E-state index contributed by atoms with van der Waals surface area (Å²) in [5.74, 6) is 0. The van der Waals surface area contributed by atoms with Crippen LogP contribution in [0.4, 0.5) is 18.0 Å². The van der Waals surface area contributed by atoms with E-state index in [1.165, 1.54) is 0 Å². The summed E-state index contributed by atoms with van der Waals surface area (Å²) in [6.45, 7) is 4.77. The molecular formula is C10H17F3N2O2. The molecule has 0 aliphatic carbocycles. The van der Waals surface area contributed by atoms with Crippen LogP contribution in [0.5, 0.6) is 0 Å². The zero-order valence-corrected chi connectivity index (χ0v) is 10.0. The predicted molar refractivity (Wildman–Crippen MR) is 55.4 cm³/mol. The van der Waals surface area contributed by atoms with E-state index in [2.05, 4.69) is 0 Å². The monoisotopic (exact) mass is 254 g/mol. The molecule has 0 spiro atoms. The number of likely N-dealkylation sites (tertiary alicyclic amines) is 1. The molecule has 1 amide bonds. The lowest BCUT2D eigenvalue weighted by Gasteiger charge is -2.30. The van der Waals surface area contributed by atoms with Crippen LogP contribution in [0.3, 0.4) is 0 Å². The molecule has 1 aliphatic heterocycles. The van der Waals surface area contributed by atoms with E-state index in [0.717, 1.165) is 0 Å². The SMILES string of the molecule is CC(C)(C)OC(=O)N1CCC(N)C1C(F)(F)F. The van der Waals surface area contributed by atoms with Gasteiger partial charge in [-0.25, -0.2) is 4.79 Å². The molecule has 0 radical (unpaired) electrons. The van der Waals surface area contributed by atoms with E-state index in [-0.39, 0.29) is 13.0 Å². The zero-order chi connectivity index (χ0) is 13.4. The van der Waals surface area contributed by atoms with Crippen LogP contribution in [-0.4, -0.2) is 41.4 Å². The number of halogens is 3. The van der Waals surface area contributed by atoms with Gasteiger partial charge < -0.3 is 10.5 Å². The summed E-state index contributed by atoms with van der Waals surface area (Å²) in [7, 11) is 0. The number of alkyl halides is 3. The Bertz CT molecular complexity index is 299. The smallest absolute Gasteiger partial charge is 0.410 e. The van der Waals surface area contributed by atoms with E-state index >= 15 is 0 Å². The minimum absolute atomic E-state index is 0.0275. The number of carbonyl (C=O) groups excluding carboxylic acids is 1. The van der Waals surface area contributed by atoms with Gasteiger partial charge in [-0.2, -0.15) is 13.2 Å². The second-order valence-electron chi connectivity index (χ2n) is 5.11. The van der Waals surface area contributed by atoms with Crippen LogP contribution in [0, 0.1) is 0 Å². The predicted octanol–water partition coefficient (Wildman–Crippen LogP) is 1.89. The highest BCUT2D eigenvalue weighted by molar-refractivity contribution is 5.69. The Labute approximate surface area is 97.9 Å². The molecule has 4 nitrogen and oxygen atoms in total. The van der Waals surface area contributed by atoms with Gasteiger partial charge in [-0.3, -0.25) is 4.90 Å². The molecule has 1 heterocycles. The molecule has 2 N–H and O–H groups in total. The maximum atomic E-state index is 12.7. The van der Waals surface area contributed by atoms with Crippen molar-refractivity contribution in [2.24, 2.45) is 5.73 Å². The summed E-state index contributed by atoms with van der Waals surface area (Å²) in [5.41, 5.74) is 4.57. The van der Waals surface area contributed by atoms with E-state index < -0.39 is 30.0 Å². The molecule has 17 heavy (non-hydrogen) atoms. The Morgan fingerprint density at radius 3 is 2.29 bits per heavy atom. The lowest BCUT2D eigenvalue weighted by Crippen LogP contribution is -2.52. The molecule has 1 aliphatic rings. The van der Waals surface area contributed by atoms with E-state index in [1.54, 1.807) is 20.8 Å². The van der Waals surface area contributed by atoms with Crippen molar-refractivity contribution >= 4 is 6.09 Å². The van der Waals surface area contributed by atoms with Crippen LogP contribution in [0.1, 0.15) is 27.2 Å². The molecule has 1 saturated heterocycles. The maximum absolute atomic E-state index is 12.7. The van der Waals surface area contributed by atoms with Crippen molar-refractivity contribution in [1.29, 1.82) is 0 Å². The Morgan fingerprint density at radius 2 is 1.88 bits per heavy atom. The van der Waals surface area contributed by atoms with Gasteiger partial charge in [0.05, 0.1) is 0 Å². The molecule has 0 bridgehead atoms. The number of amides is 1. The number of rotatable bonds is 0. The maximum Gasteiger partial charge on any atom is 0.410 e. The Balaban J connectivity index is 2.80. The number of hydrogen-bond acceptors (Lipinski definition) is 3.